The number of hydrogen-bond acceptors (Lipinski definition) is 5. The summed E-state index contributed by atoms with van der Waals surface area (Å²) >= 11 is 0. The minimum atomic E-state index is -1.32. The monoisotopic (exact) mass is 334 g/mol. The van der Waals surface area contributed by atoms with Gasteiger partial charge in [0.25, 0.3) is 0 Å². The van der Waals surface area contributed by atoms with Gasteiger partial charge in [-0.2, -0.15) is 0 Å². The second-order valence-corrected chi connectivity index (χ2v) is 6.56. The Balaban J connectivity index is 2.13. The highest BCUT2D eigenvalue weighted by atomic mass is 19.1. The lowest BCUT2D eigenvalue weighted by molar-refractivity contribution is -0.152. The number of rotatable bonds is 2. The van der Waals surface area contributed by atoms with Crippen LogP contribution in [0.15, 0.2) is 18.2 Å². The molecule has 0 unspecified atom stereocenters. The summed E-state index contributed by atoms with van der Waals surface area (Å²) in [5, 5.41) is 3.11. The second kappa shape index (κ2) is 5.37. The Bertz CT molecular complexity index is 750. The lowest BCUT2D eigenvalue weighted by Gasteiger charge is -2.28. The number of carbonyl (C=O) groups excluding carboxylic acids is 3. The number of esters is 1. The first-order valence-corrected chi connectivity index (χ1v) is 7.66. The van der Waals surface area contributed by atoms with E-state index in [1.807, 2.05) is 0 Å². The van der Waals surface area contributed by atoms with Gasteiger partial charge in [0, 0.05) is 13.1 Å². The van der Waals surface area contributed by atoms with Crippen molar-refractivity contribution < 1.29 is 23.5 Å². The molecule has 6 nitrogen and oxygen atoms in total. The van der Waals surface area contributed by atoms with Crippen LogP contribution in [0.5, 0.6) is 0 Å². The Morgan fingerprint density at radius 2 is 2.00 bits per heavy atom. The van der Waals surface area contributed by atoms with E-state index in [-0.39, 0.29) is 11.7 Å². The molecule has 2 fully saturated rings. The number of nitrogens with one attached hydrogen (secondary N) is 1. The molecule has 7 heteroatoms. The van der Waals surface area contributed by atoms with Crippen molar-refractivity contribution in [3.8, 4) is 0 Å². The van der Waals surface area contributed by atoms with Gasteiger partial charge in [0.15, 0.2) is 0 Å². The number of aryl methyl sites for hydroxylation is 1. The van der Waals surface area contributed by atoms with Crippen molar-refractivity contribution in [2.45, 2.75) is 25.4 Å². The molecule has 2 saturated heterocycles. The number of hydrogen-bond donors (Lipinski definition) is 1. The fourth-order valence-electron chi connectivity index (χ4n) is 3.94. The summed E-state index contributed by atoms with van der Waals surface area (Å²) in [4.78, 5) is 38.5. The average Bonchev–Trinajstić information content (AvgIpc) is 2.97. The maximum Gasteiger partial charge on any atom is 0.326 e. The first-order chi connectivity index (χ1) is 11.2. The van der Waals surface area contributed by atoms with Crippen molar-refractivity contribution in [1.29, 1.82) is 0 Å². The third-order valence-corrected chi connectivity index (χ3v) is 5.18. The first-order valence-electron chi connectivity index (χ1n) is 7.66. The van der Waals surface area contributed by atoms with Gasteiger partial charge in [-0.05, 0) is 37.1 Å². The van der Waals surface area contributed by atoms with Gasteiger partial charge >= 0.3 is 5.97 Å². The van der Waals surface area contributed by atoms with E-state index >= 15 is 0 Å². The molecule has 3 rings (SSSR count). The summed E-state index contributed by atoms with van der Waals surface area (Å²) in [7, 11) is 2.65. The third-order valence-electron chi connectivity index (χ3n) is 5.18. The normalized spacial score (nSPS) is 32.2. The molecule has 2 aliphatic rings. The molecule has 0 spiro atoms. The number of methoxy groups -OCH3 is 1. The van der Waals surface area contributed by atoms with Gasteiger partial charge in [0.05, 0.1) is 18.9 Å². The van der Waals surface area contributed by atoms with E-state index in [0.29, 0.717) is 11.1 Å². The molecule has 2 amide bonds. The number of imide groups is 1. The average molecular weight is 334 g/mol. The maximum atomic E-state index is 13.4. The molecule has 0 saturated carbocycles. The Kier molecular flexibility index (Phi) is 3.71. The number of carbonyl (C=O) groups is 3. The zero-order valence-electron chi connectivity index (χ0n) is 13.9. The SMILES string of the molecule is COC(=O)[C@]1(C)N[C@H](c2ccc(F)cc2C)[C@@H]2C(=O)N(C)C(=O)[C@@H]21. The van der Waals surface area contributed by atoms with E-state index in [9.17, 15) is 18.8 Å². The van der Waals surface area contributed by atoms with Gasteiger partial charge in [0.1, 0.15) is 11.4 Å². The maximum absolute atomic E-state index is 13.4. The number of amides is 2. The van der Waals surface area contributed by atoms with E-state index in [4.69, 9.17) is 4.74 Å². The van der Waals surface area contributed by atoms with E-state index in [0.717, 1.165) is 4.90 Å². The van der Waals surface area contributed by atoms with Crippen LogP contribution in [0.25, 0.3) is 0 Å². The van der Waals surface area contributed by atoms with Crippen molar-refractivity contribution in [3.05, 3.63) is 35.1 Å². The molecule has 4 atom stereocenters. The first kappa shape index (κ1) is 16.6. The summed E-state index contributed by atoms with van der Waals surface area (Å²) in [6.45, 7) is 3.30. The van der Waals surface area contributed by atoms with Crippen LogP contribution in [-0.4, -0.2) is 42.4 Å². The molecule has 1 aromatic rings. The van der Waals surface area contributed by atoms with Gasteiger partial charge in [0.2, 0.25) is 11.8 Å². The van der Waals surface area contributed by atoms with Gasteiger partial charge in [-0.3, -0.25) is 24.6 Å². The Labute approximate surface area is 139 Å². The van der Waals surface area contributed by atoms with Gasteiger partial charge in [-0.25, -0.2) is 4.39 Å². The number of ether oxygens (including phenoxy) is 1. The van der Waals surface area contributed by atoms with Crippen LogP contribution in [0.4, 0.5) is 4.39 Å². The van der Waals surface area contributed by atoms with E-state index in [1.165, 1.54) is 26.3 Å². The van der Waals surface area contributed by atoms with Crippen molar-refractivity contribution in [2.24, 2.45) is 11.8 Å². The molecule has 2 aliphatic heterocycles. The fourth-order valence-corrected chi connectivity index (χ4v) is 3.94. The Morgan fingerprint density at radius 3 is 2.58 bits per heavy atom. The van der Waals surface area contributed by atoms with Crippen LogP contribution in [0.1, 0.15) is 24.1 Å². The van der Waals surface area contributed by atoms with Crippen molar-refractivity contribution in [2.75, 3.05) is 14.2 Å². The summed E-state index contributed by atoms with van der Waals surface area (Å²) in [5.74, 6) is -3.32. The van der Waals surface area contributed by atoms with Crippen LogP contribution < -0.4 is 5.32 Å². The van der Waals surface area contributed by atoms with Crippen molar-refractivity contribution >= 4 is 17.8 Å². The fraction of sp³-hybridized carbons (Fsp3) is 0.471. The van der Waals surface area contributed by atoms with Crippen molar-refractivity contribution in [3.63, 3.8) is 0 Å². The number of likely N-dealkylation sites (tertiary alicyclic amines) is 1. The lowest BCUT2D eigenvalue weighted by atomic mass is 9.80. The summed E-state index contributed by atoms with van der Waals surface area (Å²) < 4.78 is 18.3. The largest absolute Gasteiger partial charge is 0.468 e. The molecule has 24 heavy (non-hydrogen) atoms. The molecule has 1 aromatic carbocycles. The van der Waals surface area contributed by atoms with Gasteiger partial charge < -0.3 is 4.74 Å². The van der Waals surface area contributed by atoms with Crippen LogP contribution in [0.3, 0.4) is 0 Å². The summed E-state index contributed by atoms with van der Waals surface area (Å²) in [5.41, 5.74) is 0.0215. The van der Waals surface area contributed by atoms with E-state index < -0.39 is 35.3 Å². The van der Waals surface area contributed by atoms with Gasteiger partial charge in [-0.1, -0.05) is 6.07 Å². The van der Waals surface area contributed by atoms with Crippen LogP contribution >= 0.6 is 0 Å². The topological polar surface area (TPSA) is 75.7 Å². The standard InChI is InChI=1S/C17H19FN2O4/c1-8-7-9(18)5-6-10(8)13-11-12(15(22)20(3)14(11)21)17(2,19-13)16(23)24-4/h5-7,11-13,19H,1-4H3/t11-,12-,13-,17-/m1/s1. The van der Waals surface area contributed by atoms with E-state index in [1.54, 1.807) is 19.9 Å². The second-order valence-electron chi connectivity index (χ2n) is 6.56. The highest BCUT2D eigenvalue weighted by molar-refractivity contribution is 6.09. The predicted octanol–water partition coefficient (Wildman–Crippen LogP) is 0.941. The highest BCUT2D eigenvalue weighted by Gasteiger charge is 2.66. The zero-order chi connectivity index (χ0) is 17.8. The lowest BCUT2D eigenvalue weighted by Crippen LogP contribution is -2.53. The van der Waals surface area contributed by atoms with Gasteiger partial charge in [-0.15, -0.1) is 0 Å². The molecule has 0 radical (unpaired) electrons. The summed E-state index contributed by atoms with van der Waals surface area (Å²) in [6, 6.07) is 3.68. The highest BCUT2D eigenvalue weighted by Crippen LogP contribution is 2.49. The molecule has 0 aliphatic carbocycles. The molecular formula is C17H19FN2O4. The minimum Gasteiger partial charge on any atom is -0.468 e. The van der Waals surface area contributed by atoms with E-state index in [2.05, 4.69) is 5.32 Å². The molecule has 128 valence electrons. The minimum absolute atomic E-state index is 0.348. The van der Waals surface area contributed by atoms with Crippen molar-refractivity contribution in [1.82, 2.24) is 10.2 Å². The molecule has 2 heterocycles. The summed E-state index contributed by atoms with van der Waals surface area (Å²) in [6.07, 6.45) is 0. The smallest absolute Gasteiger partial charge is 0.326 e. The molecule has 0 bridgehead atoms. The van der Waals surface area contributed by atoms with Crippen LogP contribution in [0.2, 0.25) is 0 Å². The third kappa shape index (κ3) is 2.07. The number of benzene rings is 1. The molecule has 0 aromatic heterocycles. The molecular weight excluding hydrogens is 315 g/mol. The number of nitrogens with zero attached hydrogens (tertiary/aromatic N) is 1. The Morgan fingerprint density at radius 1 is 1.33 bits per heavy atom. The van der Waals surface area contributed by atoms with Crippen LogP contribution in [-0.2, 0) is 19.1 Å². The zero-order valence-corrected chi connectivity index (χ0v) is 13.9. The quantitative estimate of drug-likeness (QED) is 0.643. The predicted molar refractivity (Wildman–Crippen MR) is 82.2 cm³/mol. The number of fused-ring (bicyclic) bond motifs is 1. The molecule has 1 N–H and O–H groups in total. The van der Waals surface area contributed by atoms with Crippen LogP contribution in [0, 0.1) is 24.6 Å². The number of halogens is 1. The Hall–Kier alpha value is -2.28.